The molecule has 0 aliphatic carbocycles. The topological polar surface area (TPSA) is 81.0 Å². The average molecular weight is 419 g/mol. The molecule has 1 fully saturated rings. The highest BCUT2D eigenvalue weighted by atomic mass is 35.5. The van der Waals surface area contributed by atoms with E-state index in [-0.39, 0.29) is 17.7 Å². The highest BCUT2D eigenvalue weighted by Gasteiger charge is 2.59. The summed E-state index contributed by atoms with van der Waals surface area (Å²) in [7, 11) is 1.66. The summed E-state index contributed by atoms with van der Waals surface area (Å²) >= 11 is 6.24. The van der Waals surface area contributed by atoms with Crippen molar-refractivity contribution in [1.29, 1.82) is 0 Å². The molecule has 1 saturated heterocycles. The molecule has 154 valence electrons. The summed E-state index contributed by atoms with van der Waals surface area (Å²) in [6.07, 6.45) is 2.08. The van der Waals surface area contributed by atoms with E-state index >= 15 is 0 Å². The maximum absolute atomic E-state index is 12.4. The Balaban J connectivity index is 1.83. The van der Waals surface area contributed by atoms with Gasteiger partial charge in [0.1, 0.15) is 17.7 Å². The van der Waals surface area contributed by atoms with Crippen LogP contribution in [0.1, 0.15) is 42.2 Å². The maximum Gasteiger partial charge on any atom is 0.341 e. The number of carboxylic acid groups (broad SMARTS) is 1. The second-order valence-electron chi connectivity index (χ2n) is 7.90. The SMILES string of the molecule is COCCCOC1[C@@H]2c3ccc(Cl)cc3-c3cc(=O)c(C(=O)O)cn3N2C1(C)C. The first-order valence-electron chi connectivity index (χ1n) is 9.47. The Morgan fingerprint density at radius 2 is 2.03 bits per heavy atom. The lowest BCUT2D eigenvalue weighted by atomic mass is 9.73. The van der Waals surface area contributed by atoms with Crippen LogP contribution in [0.4, 0.5) is 0 Å². The molecule has 29 heavy (non-hydrogen) atoms. The Kier molecular flexibility index (Phi) is 4.93. The van der Waals surface area contributed by atoms with Crippen LogP contribution in [0.3, 0.4) is 0 Å². The van der Waals surface area contributed by atoms with Crippen LogP contribution in [-0.2, 0) is 9.47 Å². The summed E-state index contributed by atoms with van der Waals surface area (Å²) in [4.78, 5) is 23.9. The van der Waals surface area contributed by atoms with Crippen molar-refractivity contribution in [2.45, 2.75) is 38.0 Å². The van der Waals surface area contributed by atoms with Gasteiger partial charge in [-0.3, -0.25) is 14.5 Å². The van der Waals surface area contributed by atoms with Crippen LogP contribution in [0.5, 0.6) is 0 Å². The van der Waals surface area contributed by atoms with E-state index in [1.54, 1.807) is 11.8 Å². The number of benzene rings is 1. The summed E-state index contributed by atoms with van der Waals surface area (Å²) < 4.78 is 13.1. The Labute approximate surface area is 173 Å². The van der Waals surface area contributed by atoms with Gasteiger partial charge in [0.2, 0.25) is 0 Å². The number of ether oxygens (including phenoxy) is 2. The monoisotopic (exact) mass is 418 g/mol. The fourth-order valence-corrected chi connectivity index (χ4v) is 4.58. The second-order valence-corrected chi connectivity index (χ2v) is 8.34. The largest absolute Gasteiger partial charge is 0.477 e. The first kappa shape index (κ1) is 19.9. The first-order valence-corrected chi connectivity index (χ1v) is 9.85. The minimum Gasteiger partial charge on any atom is -0.477 e. The van der Waals surface area contributed by atoms with Crippen LogP contribution >= 0.6 is 11.6 Å². The van der Waals surface area contributed by atoms with E-state index in [1.165, 1.54) is 12.3 Å². The predicted octanol–water partition coefficient (Wildman–Crippen LogP) is 3.07. The lowest BCUT2D eigenvalue weighted by molar-refractivity contribution is -0.0891. The van der Waals surface area contributed by atoms with Gasteiger partial charge in [0.25, 0.3) is 0 Å². The van der Waals surface area contributed by atoms with E-state index in [2.05, 4.69) is 5.01 Å². The molecule has 0 bridgehead atoms. The zero-order chi connectivity index (χ0) is 20.9. The fraction of sp³-hybridized carbons (Fsp3) is 0.429. The molecule has 1 unspecified atom stereocenters. The van der Waals surface area contributed by atoms with Crippen molar-refractivity contribution in [1.82, 2.24) is 4.68 Å². The predicted molar refractivity (Wildman–Crippen MR) is 109 cm³/mol. The number of rotatable bonds is 6. The molecule has 2 aliphatic heterocycles. The van der Waals surface area contributed by atoms with Crippen molar-refractivity contribution in [2.75, 3.05) is 25.3 Å². The third kappa shape index (κ3) is 3.04. The van der Waals surface area contributed by atoms with Gasteiger partial charge in [-0.2, -0.15) is 0 Å². The van der Waals surface area contributed by atoms with Gasteiger partial charge < -0.3 is 14.6 Å². The van der Waals surface area contributed by atoms with E-state index in [4.69, 9.17) is 21.1 Å². The van der Waals surface area contributed by atoms with Crippen molar-refractivity contribution < 1.29 is 19.4 Å². The number of halogens is 1. The van der Waals surface area contributed by atoms with Gasteiger partial charge in [-0.25, -0.2) is 4.79 Å². The zero-order valence-electron chi connectivity index (χ0n) is 16.5. The number of hydrogen-bond donors (Lipinski definition) is 1. The molecule has 1 aromatic carbocycles. The Hall–Kier alpha value is -2.35. The normalized spacial score (nSPS) is 21.0. The number of pyridine rings is 1. The quantitative estimate of drug-likeness (QED) is 0.726. The molecule has 4 rings (SSSR count). The molecule has 8 heteroatoms. The lowest BCUT2D eigenvalue weighted by Gasteiger charge is -2.64. The molecule has 1 aromatic heterocycles. The number of methoxy groups -OCH3 is 1. The molecule has 1 N–H and O–H groups in total. The number of carbonyl (C=O) groups is 1. The molecule has 0 saturated carbocycles. The second kappa shape index (κ2) is 7.16. The fourth-order valence-electron chi connectivity index (χ4n) is 4.41. The Morgan fingerprint density at radius 3 is 2.72 bits per heavy atom. The van der Waals surface area contributed by atoms with Crippen LogP contribution in [0.15, 0.2) is 35.3 Å². The molecular weight excluding hydrogens is 396 g/mol. The van der Waals surface area contributed by atoms with Crippen LogP contribution in [0, 0.1) is 0 Å². The molecule has 2 atom stereocenters. The number of fused-ring (bicyclic) bond motifs is 6. The van der Waals surface area contributed by atoms with Gasteiger partial charge in [-0.1, -0.05) is 17.7 Å². The standard InChI is InChI=1S/C21H23ClN2O5/c1-21(2)19(29-8-4-7-28-3)18-13-6-5-12(22)9-14(13)16-10-17(25)15(20(26)27)11-23(16)24(18)21/h5-6,9-11,18-19H,4,7-8H2,1-3H3,(H,26,27)/t18-,19?/m0/s1. The van der Waals surface area contributed by atoms with Gasteiger partial charge in [-0.15, -0.1) is 0 Å². The number of carboxylic acids is 1. The highest BCUT2D eigenvalue weighted by molar-refractivity contribution is 6.30. The smallest absolute Gasteiger partial charge is 0.341 e. The third-order valence-electron chi connectivity index (χ3n) is 5.73. The summed E-state index contributed by atoms with van der Waals surface area (Å²) in [6, 6.07) is 6.85. The molecule has 0 spiro atoms. The lowest BCUT2D eigenvalue weighted by Crippen LogP contribution is -2.75. The van der Waals surface area contributed by atoms with E-state index in [1.807, 2.05) is 32.0 Å². The molecule has 2 aliphatic rings. The van der Waals surface area contributed by atoms with Crippen LogP contribution in [0.2, 0.25) is 5.02 Å². The van der Waals surface area contributed by atoms with Crippen LogP contribution in [0.25, 0.3) is 11.3 Å². The van der Waals surface area contributed by atoms with Crippen molar-refractivity contribution in [3.63, 3.8) is 0 Å². The molecular formula is C21H23ClN2O5. The van der Waals surface area contributed by atoms with Crippen molar-refractivity contribution >= 4 is 17.6 Å². The van der Waals surface area contributed by atoms with Crippen molar-refractivity contribution in [3.05, 3.63) is 56.8 Å². The first-order chi connectivity index (χ1) is 13.8. The Bertz CT molecular complexity index is 1030. The summed E-state index contributed by atoms with van der Waals surface area (Å²) in [5.74, 6) is -1.25. The third-order valence-corrected chi connectivity index (χ3v) is 5.97. The average Bonchev–Trinajstić information content (AvgIpc) is 2.66. The van der Waals surface area contributed by atoms with Crippen molar-refractivity contribution in [3.8, 4) is 11.3 Å². The molecule has 7 nitrogen and oxygen atoms in total. The van der Waals surface area contributed by atoms with Gasteiger partial charge in [0.15, 0.2) is 5.43 Å². The molecule has 3 heterocycles. The number of nitrogens with zero attached hydrogens (tertiary/aromatic N) is 2. The van der Waals surface area contributed by atoms with Gasteiger partial charge in [0, 0.05) is 43.2 Å². The van der Waals surface area contributed by atoms with E-state index in [0.717, 1.165) is 17.5 Å². The summed E-state index contributed by atoms with van der Waals surface area (Å²) in [6.45, 7) is 5.29. The number of aromatic nitrogens is 1. The van der Waals surface area contributed by atoms with Crippen molar-refractivity contribution in [2.24, 2.45) is 0 Å². The molecule has 2 aromatic rings. The Morgan fingerprint density at radius 1 is 1.28 bits per heavy atom. The minimum absolute atomic E-state index is 0.111. The van der Waals surface area contributed by atoms with E-state index in [0.29, 0.717) is 23.9 Å². The molecule has 0 radical (unpaired) electrons. The minimum atomic E-state index is -1.25. The zero-order valence-corrected chi connectivity index (χ0v) is 17.3. The van der Waals surface area contributed by atoms with E-state index in [9.17, 15) is 14.7 Å². The summed E-state index contributed by atoms with van der Waals surface area (Å²) in [5, 5.41) is 12.1. The van der Waals surface area contributed by atoms with Gasteiger partial charge >= 0.3 is 5.97 Å². The maximum atomic E-state index is 12.4. The van der Waals surface area contributed by atoms with Gasteiger partial charge in [-0.05, 0) is 38.0 Å². The number of aromatic carboxylic acids is 1. The molecule has 0 amide bonds. The van der Waals surface area contributed by atoms with Crippen LogP contribution < -0.4 is 10.4 Å². The summed E-state index contributed by atoms with van der Waals surface area (Å²) in [5.41, 5.74) is 1.24. The van der Waals surface area contributed by atoms with E-state index < -0.39 is 16.9 Å². The number of hydrogen-bond acceptors (Lipinski definition) is 5. The highest BCUT2D eigenvalue weighted by Crippen LogP contribution is 2.52. The van der Waals surface area contributed by atoms with Gasteiger partial charge in [0.05, 0.1) is 11.2 Å². The van der Waals surface area contributed by atoms with Crippen LogP contribution in [-0.4, -0.2) is 47.7 Å².